The maximum Gasteiger partial charge on any atom is 0.271 e. The summed E-state index contributed by atoms with van der Waals surface area (Å²) in [6, 6.07) is 5.69. The lowest BCUT2D eigenvalue weighted by Gasteiger charge is -2.17. The quantitative estimate of drug-likeness (QED) is 0.766. The molecule has 8 heteroatoms. The van der Waals surface area contributed by atoms with Crippen LogP contribution in [-0.2, 0) is 0 Å². The normalized spacial score (nSPS) is 19.8. The third-order valence-corrected chi connectivity index (χ3v) is 4.98. The lowest BCUT2D eigenvalue weighted by molar-refractivity contribution is 0.0933. The fraction of sp³-hybridized carbons (Fsp3) is 0.389. The highest BCUT2D eigenvalue weighted by atomic mass is 16.2. The Labute approximate surface area is 150 Å². The summed E-state index contributed by atoms with van der Waals surface area (Å²) in [6.45, 7) is 1.55. The van der Waals surface area contributed by atoms with Gasteiger partial charge in [0, 0.05) is 43.1 Å². The van der Waals surface area contributed by atoms with Gasteiger partial charge in [0.2, 0.25) is 5.95 Å². The number of nitrogens with zero attached hydrogens (tertiary/aromatic N) is 6. The number of carbonyl (C=O) groups excluding carboxylic acids is 1. The second-order valence-electron chi connectivity index (χ2n) is 6.90. The summed E-state index contributed by atoms with van der Waals surface area (Å²) in [7, 11) is 0. The van der Waals surface area contributed by atoms with E-state index < -0.39 is 0 Å². The monoisotopic (exact) mass is 349 g/mol. The molecule has 3 aromatic heterocycles. The molecule has 1 saturated heterocycles. The Hall–Kier alpha value is -3.03. The van der Waals surface area contributed by atoms with Crippen molar-refractivity contribution in [3.63, 3.8) is 0 Å². The second kappa shape index (κ2) is 6.05. The van der Waals surface area contributed by atoms with E-state index in [0.717, 1.165) is 24.6 Å². The van der Waals surface area contributed by atoms with Crippen LogP contribution < -0.4 is 10.2 Å². The molecule has 1 amide bonds. The Kier molecular flexibility index (Phi) is 3.55. The molecule has 8 nitrogen and oxygen atoms in total. The highest BCUT2D eigenvalue weighted by Crippen LogP contribution is 2.39. The fourth-order valence-corrected chi connectivity index (χ4v) is 3.42. The Bertz CT molecular complexity index is 965. The molecule has 1 aliphatic heterocycles. The van der Waals surface area contributed by atoms with E-state index >= 15 is 0 Å². The Morgan fingerprint density at radius 1 is 1.15 bits per heavy atom. The highest BCUT2D eigenvalue weighted by Gasteiger charge is 2.29. The van der Waals surface area contributed by atoms with Gasteiger partial charge in [0.1, 0.15) is 5.69 Å². The van der Waals surface area contributed by atoms with Crippen molar-refractivity contribution in [2.45, 2.75) is 31.2 Å². The predicted octanol–water partition coefficient (Wildman–Crippen LogP) is 1.41. The smallest absolute Gasteiger partial charge is 0.271 e. The summed E-state index contributed by atoms with van der Waals surface area (Å²) in [5.41, 5.74) is 2.25. The maximum atomic E-state index is 12.6. The van der Waals surface area contributed by atoms with Gasteiger partial charge in [-0.05, 0) is 37.5 Å². The average Bonchev–Trinajstić information content (AvgIpc) is 3.27. The van der Waals surface area contributed by atoms with Gasteiger partial charge >= 0.3 is 0 Å². The number of carbonyl (C=O) groups is 1. The molecule has 1 saturated carbocycles. The van der Waals surface area contributed by atoms with Crippen molar-refractivity contribution in [3.8, 4) is 0 Å². The first kappa shape index (κ1) is 15.2. The number of rotatable bonds is 4. The minimum absolute atomic E-state index is 0.0601. The molecule has 2 aliphatic rings. The summed E-state index contributed by atoms with van der Waals surface area (Å²) >= 11 is 0. The number of aromatic nitrogens is 5. The molecule has 0 spiro atoms. The van der Waals surface area contributed by atoms with Crippen LogP contribution in [0.5, 0.6) is 0 Å². The molecule has 4 heterocycles. The molecule has 1 unspecified atom stereocenters. The van der Waals surface area contributed by atoms with Crippen LogP contribution in [0.4, 0.5) is 5.95 Å². The molecule has 3 aromatic rings. The molecule has 132 valence electrons. The summed E-state index contributed by atoms with van der Waals surface area (Å²) in [4.78, 5) is 28.1. The van der Waals surface area contributed by atoms with E-state index in [2.05, 4.69) is 25.3 Å². The fourth-order valence-electron chi connectivity index (χ4n) is 3.42. The van der Waals surface area contributed by atoms with Gasteiger partial charge in [0.25, 0.3) is 5.91 Å². The van der Waals surface area contributed by atoms with E-state index in [-0.39, 0.29) is 11.9 Å². The average molecular weight is 349 g/mol. The zero-order valence-corrected chi connectivity index (χ0v) is 14.2. The highest BCUT2D eigenvalue weighted by molar-refractivity contribution is 5.93. The van der Waals surface area contributed by atoms with Crippen LogP contribution in [0.2, 0.25) is 0 Å². The number of anilines is 1. The molecule has 0 aromatic carbocycles. The number of hydrogen-bond acceptors (Lipinski definition) is 6. The number of amides is 1. The van der Waals surface area contributed by atoms with Crippen molar-refractivity contribution in [2.24, 2.45) is 0 Å². The Balaban J connectivity index is 1.27. The van der Waals surface area contributed by atoms with Gasteiger partial charge in [0.15, 0.2) is 5.65 Å². The minimum Gasteiger partial charge on any atom is -0.346 e. The zero-order valence-electron chi connectivity index (χ0n) is 14.2. The van der Waals surface area contributed by atoms with Crippen molar-refractivity contribution >= 4 is 17.5 Å². The molecule has 26 heavy (non-hydrogen) atoms. The van der Waals surface area contributed by atoms with Crippen LogP contribution in [-0.4, -0.2) is 49.6 Å². The van der Waals surface area contributed by atoms with Gasteiger partial charge in [0.05, 0.1) is 6.20 Å². The molecule has 1 N–H and O–H groups in total. The molecule has 5 rings (SSSR count). The predicted molar refractivity (Wildman–Crippen MR) is 95.1 cm³/mol. The molecule has 2 fully saturated rings. The van der Waals surface area contributed by atoms with Crippen LogP contribution in [0.3, 0.4) is 0 Å². The molecule has 1 aliphatic carbocycles. The topological polar surface area (TPSA) is 88.3 Å². The Morgan fingerprint density at radius 2 is 2.08 bits per heavy atom. The van der Waals surface area contributed by atoms with E-state index in [1.165, 1.54) is 12.8 Å². The van der Waals surface area contributed by atoms with Crippen LogP contribution in [0.25, 0.3) is 5.65 Å². The Morgan fingerprint density at radius 3 is 2.96 bits per heavy atom. The first-order valence-corrected chi connectivity index (χ1v) is 8.95. The van der Waals surface area contributed by atoms with Crippen LogP contribution in [0.15, 0.2) is 36.8 Å². The van der Waals surface area contributed by atoms with Crippen molar-refractivity contribution < 1.29 is 4.79 Å². The van der Waals surface area contributed by atoms with Gasteiger partial charge in [-0.25, -0.2) is 19.5 Å². The van der Waals surface area contributed by atoms with Crippen LogP contribution >= 0.6 is 0 Å². The first-order chi connectivity index (χ1) is 12.8. The van der Waals surface area contributed by atoms with Crippen LogP contribution in [0.1, 0.15) is 41.4 Å². The van der Waals surface area contributed by atoms with Gasteiger partial charge in [-0.1, -0.05) is 0 Å². The molecule has 0 bridgehead atoms. The summed E-state index contributed by atoms with van der Waals surface area (Å²) in [6.07, 6.45) is 8.36. The van der Waals surface area contributed by atoms with Crippen molar-refractivity contribution in [1.29, 1.82) is 0 Å². The maximum absolute atomic E-state index is 12.6. The number of nitrogens with one attached hydrogen (secondary N) is 1. The van der Waals surface area contributed by atoms with Crippen molar-refractivity contribution in [1.82, 2.24) is 29.9 Å². The third-order valence-electron chi connectivity index (χ3n) is 4.98. The number of fused-ring (bicyclic) bond motifs is 1. The number of imidazole rings is 1. The van der Waals surface area contributed by atoms with Crippen molar-refractivity contribution in [2.75, 3.05) is 18.0 Å². The molecule has 0 radical (unpaired) electrons. The zero-order chi connectivity index (χ0) is 17.5. The van der Waals surface area contributed by atoms with Gasteiger partial charge in [-0.3, -0.25) is 4.79 Å². The number of hydrogen-bond donors (Lipinski definition) is 1. The van der Waals surface area contributed by atoms with Crippen molar-refractivity contribution in [3.05, 3.63) is 48.2 Å². The summed E-state index contributed by atoms with van der Waals surface area (Å²) in [5, 5.41) is 7.28. The van der Waals surface area contributed by atoms with Crippen LogP contribution in [0, 0.1) is 0 Å². The summed E-state index contributed by atoms with van der Waals surface area (Å²) < 4.78 is 1.56. The summed E-state index contributed by atoms with van der Waals surface area (Å²) in [5.74, 6) is 1.22. The molecular weight excluding hydrogens is 330 g/mol. The molecular formula is C18H19N7O. The second-order valence-corrected chi connectivity index (χ2v) is 6.90. The minimum atomic E-state index is -0.157. The van der Waals surface area contributed by atoms with E-state index in [1.54, 1.807) is 23.0 Å². The van der Waals surface area contributed by atoms with Gasteiger partial charge in [-0.2, -0.15) is 5.10 Å². The lowest BCUT2D eigenvalue weighted by atomic mass is 10.2. The van der Waals surface area contributed by atoms with E-state index in [1.807, 2.05) is 18.3 Å². The van der Waals surface area contributed by atoms with Gasteiger partial charge < -0.3 is 10.2 Å². The standard InChI is InChI=1S/C18H19N7O/c26-17(15-10-20-16-2-1-7-21-25(15)16)22-13-6-9-24(11-13)18-19-8-5-14(23-18)12-3-4-12/h1-2,5,7-8,10,12-13H,3-4,6,9,11H2,(H,22,26). The van der Waals surface area contributed by atoms with E-state index in [0.29, 0.717) is 23.8 Å². The first-order valence-electron chi connectivity index (χ1n) is 8.95. The van der Waals surface area contributed by atoms with E-state index in [4.69, 9.17) is 4.98 Å². The molecule has 1 atom stereocenters. The lowest BCUT2D eigenvalue weighted by Crippen LogP contribution is -2.38. The SMILES string of the molecule is O=C(NC1CCN(c2nccc(C3CC3)n2)C1)c1cnc2cccnn12. The third kappa shape index (κ3) is 2.77. The van der Waals surface area contributed by atoms with E-state index in [9.17, 15) is 4.79 Å². The van der Waals surface area contributed by atoms with Gasteiger partial charge in [-0.15, -0.1) is 0 Å². The largest absolute Gasteiger partial charge is 0.346 e.